The molecule has 0 fully saturated rings. The van der Waals surface area contributed by atoms with Gasteiger partial charge in [0.2, 0.25) is 5.88 Å². The lowest BCUT2D eigenvalue weighted by Crippen LogP contribution is -2.31. The Balaban J connectivity index is 2.00. The zero-order valence-corrected chi connectivity index (χ0v) is 14.1. The van der Waals surface area contributed by atoms with Gasteiger partial charge in [0.05, 0.1) is 12.5 Å². The van der Waals surface area contributed by atoms with Crippen molar-refractivity contribution < 1.29 is 28.6 Å². The van der Waals surface area contributed by atoms with Gasteiger partial charge in [0, 0.05) is 31.5 Å². The van der Waals surface area contributed by atoms with Crippen molar-refractivity contribution in [2.45, 2.75) is 5.92 Å². The average molecular weight is 362 g/mol. The summed E-state index contributed by atoms with van der Waals surface area (Å²) < 4.78 is 23.2. The van der Waals surface area contributed by atoms with E-state index >= 15 is 0 Å². The maximum Gasteiger partial charge on any atom is 0.312 e. The number of methoxy groups -OCH3 is 1. The fourth-order valence-corrected chi connectivity index (χ4v) is 2.20. The molecule has 8 heteroatoms. The van der Waals surface area contributed by atoms with Crippen LogP contribution in [0.2, 0.25) is 0 Å². The average Bonchev–Trinajstić information content (AvgIpc) is 2.63. The van der Waals surface area contributed by atoms with E-state index in [1.54, 1.807) is 7.11 Å². The lowest BCUT2D eigenvalue weighted by Gasteiger charge is -2.14. The number of aliphatic carboxylic acids is 1. The van der Waals surface area contributed by atoms with E-state index in [2.05, 4.69) is 10.3 Å². The third kappa shape index (κ3) is 5.52. The first-order valence-corrected chi connectivity index (χ1v) is 7.85. The Morgan fingerprint density at radius 3 is 2.62 bits per heavy atom. The summed E-state index contributed by atoms with van der Waals surface area (Å²) in [6.07, 6.45) is 1.42. The molecule has 7 nitrogen and oxygen atoms in total. The number of nitrogens with one attached hydrogen (secondary N) is 1. The van der Waals surface area contributed by atoms with Crippen LogP contribution >= 0.6 is 0 Å². The normalized spacial score (nSPS) is 11.6. The second-order valence-electron chi connectivity index (χ2n) is 5.38. The fraction of sp³-hybridized carbons (Fsp3) is 0.278. The molecule has 1 aromatic carbocycles. The van der Waals surface area contributed by atoms with Gasteiger partial charge in [0.25, 0.3) is 5.91 Å². The number of aromatic nitrogens is 1. The van der Waals surface area contributed by atoms with Crippen molar-refractivity contribution in [3.8, 4) is 5.88 Å². The standard InChI is InChI=1S/C18H19FN2O5/c1-25-8-9-26-16-10-13(6-7-20-16)17(22)21-11-15(18(23)24)12-2-4-14(19)5-3-12/h2-7,10,15H,8-9,11H2,1H3,(H,21,22)(H,23,24). The first-order valence-electron chi connectivity index (χ1n) is 7.85. The summed E-state index contributed by atoms with van der Waals surface area (Å²) in [6.45, 7) is 0.540. The Bertz CT molecular complexity index is 752. The number of carbonyl (C=O) groups is 2. The van der Waals surface area contributed by atoms with Crippen LogP contribution in [0.5, 0.6) is 5.88 Å². The molecule has 0 bridgehead atoms. The van der Waals surface area contributed by atoms with Gasteiger partial charge in [0.1, 0.15) is 12.4 Å². The van der Waals surface area contributed by atoms with Crippen LogP contribution in [-0.4, -0.2) is 48.8 Å². The molecule has 2 rings (SSSR count). The van der Waals surface area contributed by atoms with Gasteiger partial charge < -0.3 is 19.9 Å². The number of halogens is 1. The van der Waals surface area contributed by atoms with Crippen molar-refractivity contribution in [3.05, 3.63) is 59.5 Å². The van der Waals surface area contributed by atoms with Crippen LogP contribution in [0.15, 0.2) is 42.6 Å². The molecule has 138 valence electrons. The molecule has 1 atom stereocenters. The molecule has 0 saturated heterocycles. The molecule has 2 aromatic rings. The molecular formula is C18H19FN2O5. The van der Waals surface area contributed by atoms with Gasteiger partial charge in [-0.3, -0.25) is 9.59 Å². The highest BCUT2D eigenvalue weighted by molar-refractivity contribution is 5.94. The van der Waals surface area contributed by atoms with Crippen molar-refractivity contribution in [2.75, 3.05) is 26.9 Å². The van der Waals surface area contributed by atoms with Crippen molar-refractivity contribution in [2.24, 2.45) is 0 Å². The molecule has 2 N–H and O–H groups in total. The van der Waals surface area contributed by atoms with Gasteiger partial charge in [-0.2, -0.15) is 0 Å². The van der Waals surface area contributed by atoms with E-state index in [4.69, 9.17) is 9.47 Å². The molecule has 0 radical (unpaired) electrons. The maximum absolute atomic E-state index is 13.0. The maximum atomic E-state index is 13.0. The largest absolute Gasteiger partial charge is 0.481 e. The van der Waals surface area contributed by atoms with E-state index in [1.165, 1.54) is 42.6 Å². The van der Waals surface area contributed by atoms with Crippen LogP contribution in [0.25, 0.3) is 0 Å². The Morgan fingerprint density at radius 2 is 1.96 bits per heavy atom. The molecule has 0 aliphatic heterocycles. The van der Waals surface area contributed by atoms with Crippen LogP contribution < -0.4 is 10.1 Å². The highest BCUT2D eigenvalue weighted by atomic mass is 19.1. The zero-order valence-electron chi connectivity index (χ0n) is 14.1. The lowest BCUT2D eigenvalue weighted by atomic mass is 9.99. The molecule has 26 heavy (non-hydrogen) atoms. The minimum absolute atomic E-state index is 0.137. The van der Waals surface area contributed by atoms with Crippen LogP contribution in [0.4, 0.5) is 4.39 Å². The topological polar surface area (TPSA) is 97.8 Å². The number of carbonyl (C=O) groups excluding carboxylic acids is 1. The number of amides is 1. The molecule has 1 heterocycles. The summed E-state index contributed by atoms with van der Waals surface area (Å²) in [5.41, 5.74) is 0.688. The smallest absolute Gasteiger partial charge is 0.312 e. The quantitative estimate of drug-likeness (QED) is 0.661. The third-order valence-electron chi connectivity index (χ3n) is 3.57. The third-order valence-corrected chi connectivity index (χ3v) is 3.57. The van der Waals surface area contributed by atoms with Crippen molar-refractivity contribution in [1.29, 1.82) is 0 Å². The van der Waals surface area contributed by atoms with E-state index in [1.807, 2.05) is 0 Å². The predicted molar refractivity (Wildman–Crippen MR) is 90.7 cm³/mol. The summed E-state index contributed by atoms with van der Waals surface area (Å²) in [4.78, 5) is 27.7. The number of nitrogens with zero attached hydrogens (tertiary/aromatic N) is 1. The molecule has 0 spiro atoms. The SMILES string of the molecule is COCCOc1cc(C(=O)NCC(C(=O)O)c2ccc(F)cc2)ccn1. The Labute approximate surface area is 149 Å². The number of carboxylic acids is 1. The van der Waals surface area contributed by atoms with Crippen molar-refractivity contribution >= 4 is 11.9 Å². The number of carboxylic acid groups (broad SMARTS) is 1. The molecule has 0 saturated carbocycles. The molecule has 0 aliphatic carbocycles. The predicted octanol–water partition coefficient (Wildman–Crippen LogP) is 1.84. The Hall–Kier alpha value is -3.00. The summed E-state index contributed by atoms with van der Waals surface area (Å²) in [5, 5.41) is 11.9. The monoisotopic (exact) mass is 362 g/mol. The first-order chi connectivity index (χ1) is 12.5. The van der Waals surface area contributed by atoms with E-state index in [-0.39, 0.29) is 18.0 Å². The summed E-state index contributed by atoms with van der Waals surface area (Å²) in [6, 6.07) is 8.08. The number of benzene rings is 1. The number of hydrogen-bond donors (Lipinski definition) is 2. The van der Waals surface area contributed by atoms with Gasteiger partial charge in [-0.1, -0.05) is 12.1 Å². The summed E-state index contributed by atoms with van der Waals surface area (Å²) in [7, 11) is 1.54. The highest BCUT2D eigenvalue weighted by Crippen LogP contribution is 2.16. The highest BCUT2D eigenvalue weighted by Gasteiger charge is 2.21. The van der Waals surface area contributed by atoms with Gasteiger partial charge in [-0.25, -0.2) is 9.37 Å². The Kier molecular flexibility index (Phi) is 7.04. The number of pyridine rings is 1. The van der Waals surface area contributed by atoms with E-state index in [0.717, 1.165) is 0 Å². The van der Waals surface area contributed by atoms with Crippen molar-refractivity contribution in [3.63, 3.8) is 0 Å². The first kappa shape index (κ1) is 19.3. The molecule has 1 aromatic heterocycles. The molecule has 1 amide bonds. The number of ether oxygens (including phenoxy) is 2. The van der Waals surface area contributed by atoms with Gasteiger partial charge in [0.15, 0.2) is 0 Å². The molecular weight excluding hydrogens is 343 g/mol. The minimum atomic E-state index is -1.12. The number of rotatable bonds is 9. The van der Waals surface area contributed by atoms with E-state index in [0.29, 0.717) is 18.8 Å². The number of hydrogen-bond acceptors (Lipinski definition) is 5. The van der Waals surface area contributed by atoms with E-state index in [9.17, 15) is 19.1 Å². The molecule has 1 unspecified atom stereocenters. The molecule has 0 aliphatic rings. The van der Waals surface area contributed by atoms with Gasteiger partial charge in [-0.05, 0) is 23.8 Å². The summed E-state index contributed by atoms with van der Waals surface area (Å²) in [5.74, 6) is -2.76. The van der Waals surface area contributed by atoms with E-state index < -0.39 is 23.6 Å². The minimum Gasteiger partial charge on any atom is -0.481 e. The van der Waals surface area contributed by atoms with Crippen LogP contribution in [-0.2, 0) is 9.53 Å². The zero-order chi connectivity index (χ0) is 18.9. The Morgan fingerprint density at radius 1 is 1.23 bits per heavy atom. The second-order valence-corrected chi connectivity index (χ2v) is 5.38. The van der Waals surface area contributed by atoms with Gasteiger partial charge >= 0.3 is 5.97 Å². The summed E-state index contributed by atoms with van der Waals surface area (Å²) >= 11 is 0. The van der Waals surface area contributed by atoms with Crippen molar-refractivity contribution in [1.82, 2.24) is 10.3 Å². The van der Waals surface area contributed by atoms with Crippen LogP contribution in [0.3, 0.4) is 0 Å². The van der Waals surface area contributed by atoms with Crippen LogP contribution in [0, 0.1) is 5.82 Å². The van der Waals surface area contributed by atoms with Crippen LogP contribution in [0.1, 0.15) is 21.8 Å². The lowest BCUT2D eigenvalue weighted by molar-refractivity contribution is -0.138. The van der Waals surface area contributed by atoms with Gasteiger partial charge in [-0.15, -0.1) is 0 Å². The fourth-order valence-electron chi connectivity index (χ4n) is 2.20. The second kappa shape index (κ2) is 9.47.